The molecule has 5 rings (SSSR count). The number of rotatable bonds is 6. The average Bonchev–Trinajstić information content (AvgIpc) is 3.35. The number of aryl methyl sites for hydroxylation is 1. The van der Waals surface area contributed by atoms with Gasteiger partial charge < -0.3 is 4.90 Å². The van der Waals surface area contributed by atoms with Gasteiger partial charge in [0.05, 0.1) is 6.54 Å². The molecule has 10 heteroatoms. The number of nitrogens with zero attached hydrogens (tertiary/aromatic N) is 6. The van der Waals surface area contributed by atoms with Gasteiger partial charge in [0.25, 0.3) is 11.8 Å². The van der Waals surface area contributed by atoms with Crippen molar-refractivity contribution in [3.05, 3.63) is 51.5 Å². The third kappa shape index (κ3) is 3.79. The fourth-order valence-corrected chi connectivity index (χ4v) is 4.71. The smallest absolute Gasteiger partial charge is 0.278 e. The molecule has 1 aliphatic carbocycles. The topological polar surface area (TPSA) is 106 Å². The second kappa shape index (κ2) is 8.09. The molecule has 2 amide bonds. The Bertz CT molecular complexity index is 1190. The zero-order valence-corrected chi connectivity index (χ0v) is 19.1. The number of nitrogens with one attached hydrogen (secondary N) is 1. The fraction of sp³-hybridized carbons (Fsp3) is 0.455. The number of anilines is 1. The summed E-state index contributed by atoms with van der Waals surface area (Å²) in [7, 11) is 0. The molecule has 9 nitrogen and oxygen atoms in total. The van der Waals surface area contributed by atoms with Crippen molar-refractivity contribution in [2.24, 2.45) is 0 Å². The van der Waals surface area contributed by atoms with Gasteiger partial charge in [-0.15, -0.1) is 10.2 Å². The molecule has 0 bridgehead atoms. The predicted molar refractivity (Wildman–Crippen MR) is 120 cm³/mol. The second-order valence-corrected chi connectivity index (χ2v) is 9.65. The van der Waals surface area contributed by atoms with Gasteiger partial charge in [-0.1, -0.05) is 31.3 Å². The van der Waals surface area contributed by atoms with Gasteiger partial charge in [-0.3, -0.25) is 24.6 Å². The Morgan fingerprint density at radius 2 is 2.09 bits per heavy atom. The average molecular weight is 452 g/mol. The number of carbonyl (C=O) groups is 2. The van der Waals surface area contributed by atoms with Crippen molar-refractivity contribution >= 4 is 28.3 Å². The molecule has 3 aromatic heterocycles. The second-order valence-electron chi connectivity index (χ2n) is 8.64. The summed E-state index contributed by atoms with van der Waals surface area (Å²) < 4.78 is 1.71. The minimum absolute atomic E-state index is 0.0778. The van der Waals surface area contributed by atoms with Crippen molar-refractivity contribution < 1.29 is 9.59 Å². The first-order valence-electron chi connectivity index (χ1n) is 10.9. The maximum Gasteiger partial charge on any atom is 0.278 e. The normalized spacial score (nSPS) is 15.9. The highest BCUT2D eigenvalue weighted by Gasteiger charge is 2.40. The van der Waals surface area contributed by atoms with Crippen LogP contribution in [0, 0.1) is 6.92 Å². The summed E-state index contributed by atoms with van der Waals surface area (Å²) >= 11 is 1.36. The van der Waals surface area contributed by atoms with E-state index >= 15 is 0 Å². The summed E-state index contributed by atoms with van der Waals surface area (Å²) in [6.45, 7) is 7.61. The summed E-state index contributed by atoms with van der Waals surface area (Å²) in [5.74, 6) is 0.0324. The molecule has 166 valence electrons. The van der Waals surface area contributed by atoms with Crippen LogP contribution in [-0.2, 0) is 13.1 Å². The van der Waals surface area contributed by atoms with Crippen molar-refractivity contribution in [1.29, 1.82) is 0 Å². The number of hydrogen-bond acceptors (Lipinski definition) is 7. The molecule has 0 aromatic carbocycles. The van der Waals surface area contributed by atoms with Crippen molar-refractivity contribution in [2.45, 2.75) is 58.5 Å². The van der Waals surface area contributed by atoms with E-state index in [0.717, 1.165) is 34.7 Å². The van der Waals surface area contributed by atoms with E-state index in [9.17, 15) is 9.59 Å². The number of amides is 2. The molecule has 0 atom stereocenters. The molecule has 0 radical (unpaired) electrons. The summed E-state index contributed by atoms with van der Waals surface area (Å²) in [6, 6.07) is 3.88. The third-order valence-corrected chi connectivity index (χ3v) is 7.03. The number of hydrogen-bond donors (Lipinski definition) is 1. The van der Waals surface area contributed by atoms with E-state index in [2.05, 4.69) is 25.6 Å². The molecular weight excluding hydrogens is 426 g/mol. The Morgan fingerprint density at radius 1 is 1.28 bits per heavy atom. The van der Waals surface area contributed by atoms with Crippen LogP contribution in [0.15, 0.2) is 18.3 Å². The summed E-state index contributed by atoms with van der Waals surface area (Å²) in [6.07, 6.45) is 3.68. The largest absolute Gasteiger partial charge is 0.331 e. The van der Waals surface area contributed by atoms with E-state index in [-0.39, 0.29) is 23.7 Å². The molecule has 0 unspecified atom stereocenters. The molecule has 2 aliphatic rings. The van der Waals surface area contributed by atoms with Gasteiger partial charge in [0.2, 0.25) is 5.13 Å². The standard InChI is InChI=1S/C22H25N7O2S/c1-12(2)20-25-26-22(32-20)24-19(30)17-16(14-6-7-14)18-21(31)28(9-10-29(18)27-17)11-15-5-4-8-23-13(15)3/h4-5,8,12,14H,6-7,9-11H2,1-3H3,(H,24,26,30). The molecule has 1 aliphatic heterocycles. The molecule has 1 saturated carbocycles. The number of aromatic nitrogens is 5. The number of carbonyl (C=O) groups excluding carboxylic acids is 2. The monoisotopic (exact) mass is 451 g/mol. The first-order chi connectivity index (χ1) is 15.4. The Kier molecular flexibility index (Phi) is 5.24. The van der Waals surface area contributed by atoms with Gasteiger partial charge in [0.1, 0.15) is 10.7 Å². The molecular formula is C22H25N7O2S. The Morgan fingerprint density at radius 3 is 2.78 bits per heavy atom. The highest BCUT2D eigenvalue weighted by molar-refractivity contribution is 7.15. The highest BCUT2D eigenvalue weighted by atomic mass is 32.1. The van der Waals surface area contributed by atoms with Crippen molar-refractivity contribution in [3.8, 4) is 0 Å². The van der Waals surface area contributed by atoms with E-state index in [1.54, 1.807) is 10.9 Å². The maximum atomic E-state index is 13.5. The highest BCUT2D eigenvalue weighted by Crippen LogP contribution is 2.44. The van der Waals surface area contributed by atoms with E-state index in [1.165, 1.54) is 11.3 Å². The maximum absolute atomic E-state index is 13.5. The van der Waals surface area contributed by atoms with Crippen molar-refractivity contribution in [3.63, 3.8) is 0 Å². The zero-order valence-electron chi connectivity index (χ0n) is 18.3. The minimum Gasteiger partial charge on any atom is -0.331 e. The van der Waals surface area contributed by atoms with Gasteiger partial charge >= 0.3 is 0 Å². The molecule has 0 saturated heterocycles. The summed E-state index contributed by atoms with van der Waals surface area (Å²) in [5.41, 5.74) is 3.59. The van der Waals surface area contributed by atoms with E-state index in [1.807, 2.05) is 37.8 Å². The molecule has 1 N–H and O–H groups in total. The Balaban J connectivity index is 1.43. The summed E-state index contributed by atoms with van der Waals surface area (Å²) in [5, 5.41) is 16.9. The minimum atomic E-state index is -0.331. The van der Waals surface area contributed by atoms with Gasteiger partial charge in [0, 0.05) is 36.5 Å². The lowest BCUT2D eigenvalue weighted by Crippen LogP contribution is -2.40. The van der Waals surface area contributed by atoms with Crippen LogP contribution < -0.4 is 5.32 Å². The third-order valence-electron chi connectivity index (χ3n) is 5.89. The van der Waals surface area contributed by atoms with Crippen LogP contribution in [0.5, 0.6) is 0 Å². The van der Waals surface area contributed by atoms with Gasteiger partial charge in [0.15, 0.2) is 5.69 Å². The van der Waals surface area contributed by atoms with Crippen molar-refractivity contribution in [2.75, 3.05) is 11.9 Å². The Hall–Kier alpha value is -3.14. The van der Waals surface area contributed by atoms with Crippen LogP contribution in [0.1, 0.15) is 81.3 Å². The summed E-state index contributed by atoms with van der Waals surface area (Å²) in [4.78, 5) is 32.7. The molecule has 3 aromatic rings. The van der Waals surface area contributed by atoms with E-state index in [4.69, 9.17) is 0 Å². The first-order valence-corrected chi connectivity index (χ1v) is 11.7. The van der Waals surface area contributed by atoms with Crippen LogP contribution in [0.2, 0.25) is 0 Å². The number of fused-ring (bicyclic) bond motifs is 1. The molecule has 0 spiro atoms. The van der Waals surface area contributed by atoms with E-state index in [0.29, 0.717) is 36.2 Å². The zero-order chi connectivity index (χ0) is 22.4. The molecule has 1 fully saturated rings. The van der Waals surface area contributed by atoms with Crippen LogP contribution in [0.25, 0.3) is 0 Å². The van der Waals surface area contributed by atoms with E-state index < -0.39 is 0 Å². The van der Waals surface area contributed by atoms with Gasteiger partial charge in [-0.25, -0.2) is 0 Å². The van der Waals surface area contributed by atoms with Gasteiger partial charge in [-0.05, 0) is 37.3 Å². The lowest BCUT2D eigenvalue weighted by atomic mass is 10.0. The lowest BCUT2D eigenvalue weighted by molar-refractivity contribution is 0.0681. The van der Waals surface area contributed by atoms with Crippen LogP contribution in [-0.4, -0.2) is 48.2 Å². The molecule has 4 heterocycles. The van der Waals surface area contributed by atoms with Crippen LogP contribution in [0.3, 0.4) is 0 Å². The molecule has 32 heavy (non-hydrogen) atoms. The van der Waals surface area contributed by atoms with Crippen molar-refractivity contribution in [1.82, 2.24) is 29.9 Å². The lowest BCUT2D eigenvalue weighted by Gasteiger charge is -2.28. The SMILES string of the molecule is Cc1ncccc1CN1CCn2nc(C(=O)Nc3nnc(C(C)C)s3)c(C3CC3)c2C1=O. The number of pyridine rings is 1. The van der Waals surface area contributed by atoms with Gasteiger partial charge in [-0.2, -0.15) is 5.10 Å². The van der Waals surface area contributed by atoms with Crippen LogP contribution in [0.4, 0.5) is 5.13 Å². The first kappa shape index (κ1) is 20.7. The Labute approximate surface area is 189 Å². The fourth-order valence-electron chi connectivity index (χ4n) is 3.97. The van der Waals surface area contributed by atoms with Crippen LogP contribution >= 0.6 is 11.3 Å². The quantitative estimate of drug-likeness (QED) is 0.616. The predicted octanol–water partition coefficient (Wildman–Crippen LogP) is 3.35.